The molecule has 0 aliphatic carbocycles. The average molecular weight is 167 g/mol. The van der Waals surface area contributed by atoms with Gasteiger partial charge in [-0.2, -0.15) is 0 Å². The molecule has 1 nitrogen and oxygen atoms in total. The average Bonchev–Trinajstić information content (AvgIpc) is 2.05. The van der Waals surface area contributed by atoms with Gasteiger partial charge in [-0.05, 0) is 17.2 Å². The van der Waals surface area contributed by atoms with Crippen molar-refractivity contribution >= 4 is 22.4 Å². The van der Waals surface area contributed by atoms with E-state index in [0.717, 1.165) is 5.56 Å². The molecule has 0 atom stereocenters. The van der Waals surface area contributed by atoms with E-state index in [4.69, 9.17) is 11.6 Å². The van der Waals surface area contributed by atoms with E-state index in [0.29, 0.717) is 5.57 Å². The number of carbonyl (C=O) groups is 1. The Morgan fingerprint density at radius 1 is 1.27 bits per heavy atom. The summed E-state index contributed by atoms with van der Waals surface area (Å²) in [5.74, 6) is 0. The first-order valence-electron chi connectivity index (χ1n) is 3.16. The zero-order valence-electron chi connectivity index (χ0n) is 5.88. The molecule has 0 amide bonds. The van der Waals surface area contributed by atoms with Gasteiger partial charge in [0.25, 0.3) is 5.24 Å². The second-order valence-electron chi connectivity index (χ2n) is 2.12. The molecule has 1 rings (SSSR count). The Bertz CT molecular complexity index is 277. The molecule has 0 aliphatic rings. The van der Waals surface area contributed by atoms with Crippen LogP contribution in [0.3, 0.4) is 0 Å². The van der Waals surface area contributed by atoms with Crippen molar-refractivity contribution in [1.82, 2.24) is 0 Å². The fourth-order valence-corrected chi connectivity index (χ4v) is 0.862. The molecule has 0 aromatic heterocycles. The minimum Gasteiger partial charge on any atom is -0.276 e. The maximum absolute atomic E-state index is 10.6. The number of hydrogen-bond acceptors (Lipinski definition) is 1. The maximum atomic E-state index is 10.6. The van der Waals surface area contributed by atoms with Crippen LogP contribution >= 0.6 is 11.6 Å². The van der Waals surface area contributed by atoms with Crippen molar-refractivity contribution in [3.63, 3.8) is 0 Å². The van der Waals surface area contributed by atoms with E-state index in [1.165, 1.54) is 0 Å². The lowest BCUT2D eigenvalue weighted by Gasteiger charge is -1.97. The number of halogens is 1. The van der Waals surface area contributed by atoms with Crippen molar-refractivity contribution in [1.29, 1.82) is 0 Å². The smallest absolute Gasteiger partial charge is 0.252 e. The molecular weight excluding hydrogens is 160 g/mol. The maximum Gasteiger partial charge on any atom is 0.252 e. The minimum atomic E-state index is -0.504. The molecule has 0 bridgehead atoms. The number of benzene rings is 1. The molecule has 1 aromatic carbocycles. The summed E-state index contributed by atoms with van der Waals surface area (Å²) in [5, 5.41) is -0.504. The molecule has 0 aliphatic heterocycles. The van der Waals surface area contributed by atoms with Crippen LogP contribution in [0.15, 0.2) is 36.9 Å². The fourth-order valence-electron chi connectivity index (χ4n) is 0.753. The van der Waals surface area contributed by atoms with Gasteiger partial charge in [-0.3, -0.25) is 4.79 Å². The number of allylic oxidation sites excluding steroid dienone is 1. The Morgan fingerprint density at radius 2 is 1.82 bits per heavy atom. The van der Waals surface area contributed by atoms with Crippen LogP contribution in [-0.4, -0.2) is 5.24 Å². The summed E-state index contributed by atoms with van der Waals surface area (Å²) in [6.07, 6.45) is 0. The fraction of sp³-hybridized carbons (Fsp3) is 0. The molecule has 2 heteroatoms. The first-order valence-corrected chi connectivity index (χ1v) is 3.54. The highest BCUT2D eigenvalue weighted by Crippen LogP contribution is 2.13. The lowest BCUT2D eigenvalue weighted by atomic mass is 10.1. The highest BCUT2D eigenvalue weighted by Gasteiger charge is 2.03. The quantitative estimate of drug-likeness (QED) is 0.487. The van der Waals surface area contributed by atoms with Crippen LogP contribution in [-0.2, 0) is 4.79 Å². The van der Waals surface area contributed by atoms with Gasteiger partial charge in [0.15, 0.2) is 0 Å². The van der Waals surface area contributed by atoms with Gasteiger partial charge < -0.3 is 0 Å². The number of rotatable bonds is 2. The third-order valence-electron chi connectivity index (χ3n) is 1.36. The summed E-state index contributed by atoms with van der Waals surface area (Å²) in [5.41, 5.74) is 1.11. The first kappa shape index (κ1) is 8.02. The molecule has 0 radical (unpaired) electrons. The standard InChI is InChI=1S/C9H7ClO/c1-7(9(10)11)8-5-3-2-4-6-8/h2-6H,1H2. The molecule has 56 valence electrons. The van der Waals surface area contributed by atoms with Gasteiger partial charge in [0.2, 0.25) is 0 Å². The normalized spacial score (nSPS) is 9.18. The predicted molar refractivity (Wildman–Crippen MR) is 46.3 cm³/mol. The first-order chi connectivity index (χ1) is 5.22. The third kappa shape index (κ3) is 1.92. The second kappa shape index (κ2) is 3.35. The third-order valence-corrected chi connectivity index (χ3v) is 1.59. The van der Waals surface area contributed by atoms with Crippen LogP contribution in [0.4, 0.5) is 0 Å². The molecule has 0 N–H and O–H groups in total. The number of carbonyl (C=O) groups excluding carboxylic acids is 1. The van der Waals surface area contributed by atoms with Gasteiger partial charge in [-0.15, -0.1) is 0 Å². The molecular formula is C9H7ClO. The van der Waals surface area contributed by atoms with Crippen molar-refractivity contribution in [2.45, 2.75) is 0 Å². The van der Waals surface area contributed by atoms with Gasteiger partial charge in [-0.1, -0.05) is 36.9 Å². The lowest BCUT2D eigenvalue weighted by molar-refractivity contribution is -0.106. The van der Waals surface area contributed by atoms with E-state index in [1.807, 2.05) is 18.2 Å². The SMILES string of the molecule is C=C(C(=O)Cl)c1ccccc1. The van der Waals surface area contributed by atoms with Crippen LogP contribution in [0.5, 0.6) is 0 Å². The van der Waals surface area contributed by atoms with E-state index in [9.17, 15) is 4.79 Å². The minimum absolute atomic E-state index is 0.340. The Kier molecular flexibility index (Phi) is 2.44. The second-order valence-corrected chi connectivity index (χ2v) is 2.46. The summed E-state index contributed by atoms with van der Waals surface area (Å²) < 4.78 is 0. The lowest BCUT2D eigenvalue weighted by Crippen LogP contribution is -1.89. The van der Waals surface area contributed by atoms with Crippen LogP contribution in [0.2, 0.25) is 0 Å². The molecule has 1 aromatic rings. The topological polar surface area (TPSA) is 17.1 Å². The van der Waals surface area contributed by atoms with Gasteiger partial charge >= 0.3 is 0 Å². The van der Waals surface area contributed by atoms with E-state index < -0.39 is 5.24 Å². The van der Waals surface area contributed by atoms with E-state index in [1.54, 1.807) is 12.1 Å². The molecule has 0 saturated carbocycles. The van der Waals surface area contributed by atoms with Gasteiger partial charge in [-0.25, -0.2) is 0 Å². The molecule has 0 unspecified atom stereocenters. The summed E-state index contributed by atoms with van der Waals surface area (Å²) in [4.78, 5) is 10.6. The highest BCUT2D eigenvalue weighted by atomic mass is 35.5. The zero-order valence-corrected chi connectivity index (χ0v) is 6.64. The summed E-state index contributed by atoms with van der Waals surface area (Å²) in [6, 6.07) is 9.13. The largest absolute Gasteiger partial charge is 0.276 e. The van der Waals surface area contributed by atoms with E-state index in [-0.39, 0.29) is 0 Å². The van der Waals surface area contributed by atoms with Crippen molar-refractivity contribution in [3.05, 3.63) is 42.5 Å². The van der Waals surface area contributed by atoms with Crippen LogP contribution in [0, 0.1) is 0 Å². The van der Waals surface area contributed by atoms with Gasteiger partial charge in [0, 0.05) is 5.57 Å². The monoisotopic (exact) mass is 166 g/mol. The molecule has 0 saturated heterocycles. The Morgan fingerprint density at radius 3 is 2.27 bits per heavy atom. The van der Waals surface area contributed by atoms with E-state index >= 15 is 0 Å². The van der Waals surface area contributed by atoms with Crippen LogP contribution in [0.25, 0.3) is 5.57 Å². The Balaban J connectivity index is 2.95. The van der Waals surface area contributed by atoms with Crippen molar-refractivity contribution in [2.24, 2.45) is 0 Å². The van der Waals surface area contributed by atoms with Crippen molar-refractivity contribution < 1.29 is 4.79 Å². The van der Waals surface area contributed by atoms with Crippen molar-refractivity contribution in [3.8, 4) is 0 Å². The summed E-state index contributed by atoms with van der Waals surface area (Å²) >= 11 is 5.22. The Hall–Kier alpha value is -1.08. The summed E-state index contributed by atoms with van der Waals surface area (Å²) in [6.45, 7) is 3.54. The zero-order chi connectivity index (χ0) is 8.27. The summed E-state index contributed by atoms with van der Waals surface area (Å²) in [7, 11) is 0. The molecule has 0 spiro atoms. The van der Waals surface area contributed by atoms with Gasteiger partial charge in [0.1, 0.15) is 0 Å². The Labute approximate surface area is 70.3 Å². The van der Waals surface area contributed by atoms with Crippen LogP contribution in [0.1, 0.15) is 5.56 Å². The van der Waals surface area contributed by atoms with Crippen LogP contribution < -0.4 is 0 Å². The van der Waals surface area contributed by atoms with Gasteiger partial charge in [0.05, 0.1) is 0 Å². The molecule has 0 fully saturated rings. The van der Waals surface area contributed by atoms with E-state index in [2.05, 4.69) is 6.58 Å². The number of hydrogen-bond donors (Lipinski definition) is 0. The highest BCUT2D eigenvalue weighted by molar-refractivity contribution is 6.74. The molecule has 0 heterocycles. The predicted octanol–water partition coefficient (Wildman–Crippen LogP) is 2.47. The van der Waals surface area contributed by atoms with Crippen molar-refractivity contribution in [2.75, 3.05) is 0 Å². The molecule has 11 heavy (non-hydrogen) atoms.